The molecule has 156 valence electrons. The van der Waals surface area contributed by atoms with E-state index in [0.29, 0.717) is 11.1 Å². The smallest absolute Gasteiger partial charge is 0.277 e. The number of carbonyl (C=O) groups excluding carboxylic acids is 1. The Morgan fingerprint density at radius 2 is 1.65 bits per heavy atom. The van der Waals surface area contributed by atoms with E-state index < -0.39 is 5.25 Å². The molecule has 0 saturated carbocycles. The van der Waals surface area contributed by atoms with E-state index in [1.165, 1.54) is 11.8 Å². The van der Waals surface area contributed by atoms with E-state index in [1.54, 1.807) is 0 Å². The molecule has 6 heteroatoms. The van der Waals surface area contributed by atoms with Crippen molar-refractivity contribution in [1.29, 1.82) is 0 Å². The minimum Gasteiger partial charge on any atom is -0.411 e. The average Bonchev–Trinajstić information content (AvgIpc) is 3.24. The second-order valence-corrected chi connectivity index (χ2v) is 8.46. The van der Waals surface area contributed by atoms with Crippen LogP contribution in [0.25, 0.3) is 11.5 Å². The first kappa shape index (κ1) is 20.9. The molecule has 1 aromatic heterocycles. The van der Waals surface area contributed by atoms with Crippen LogP contribution in [0.15, 0.2) is 82.4 Å². The zero-order valence-electron chi connectivity index (χ0n) is 17.6. The normalized spacial score (nSPS) is 11.8. The Kier molecular flexibility index (Phi) is 6.18. The maximum atomic E-state index is 13.3. The first-order valence-corrected chi connectivity index (χ1v) is 10.9. The summed E-state index contributed by atoms with van der Waals surface area (Å²) in [6.07, 6.45) is 0. The molecular weight excluding hydrogens is 406 g/mol. The van der Waals surface area contributed by atoms with Gasteiger partial charge < -0.3 is 9.73 Å². The minimum absolute atomic E-state index is 0.138. The van der Waals surface area contributed by atoms with Gasteiger partial charge in [-0.3, -0.25) is 4.79 Å². The molecule has 0 aliphatic heterocycles. The van der Waals surface area contributed by atoms with Gasteiger partial charge in [0.05, 0.1) is 0 Å². The summed E-state index contributed by atoms with van der Waals surface area (Å²) in [5.74, 6) is 0.308. The molecule has 4 aromatic rings. The number of hydrogen-bond donors (Lipinski definition) is 1. The number of carbonyl (C=O) groups is 1. The summed E-state index contributed by atoms with van der Waals surface area (Å²) in [5, 5.41) is 11.3. The number of thioether (sulfide) groups is 1. The van der Waals surface area contributed by atoms with Crippen molar-refractivity contribution < 1.29 is 9.21 Å². The second kappa shape index (κ2) is 9.18. The molecule has 0 aliphatic carbocycles. The quantitative estimate of drug-likeness (QED) is 0.373. The van der Waals surface area contributed by atoms with Crippen LogP contribution in [0.3, 0.4) is 0 Å². The monoisotopic (exact) mass is 429 g/mol. The highest BCUT2D eigenvalue weighted by Gasteiger charge is 2.25. The highest BCUT2D eigenvalue weighted by atomic mass is 32.2. The molecule has 1 N–H and O–H groups in total. The van der Waals surface area contributed by atoms with Crippen LogP contribution >= 0.6 is 11.8 Å². The first-order chi connectivity index (χ1) is 15.0. The highest BCUT2D eigenvalue weighted by Crippen LogP contribution is 2.37. The van der Waals surface area contributed by atoms with Crippen LogP contribution in [0.5, 0.6) is 0 Å². The molecule has 5 nitrogen and oxygen atoms in total. The van der Waals surface area contributed by atoms with Crippen LogP contribution in [0.2, 0.25) is 0 Å². The molecular formula is C25H23N3O2S. The molecule has 1 heterocycles. The number of aromatic nitrogens is 2. The Bertz CT molecular complexity index is 1200. The van der Waals surface area contributed by atoms with Crippen molar-refractivity contribution in [2.75, 3.05) is 5.32 Å². The minimum atomic E-state index is -0.536. The van der Waals surface area contributed by atoms with Gasteiger partial charge in [0.2, 0.25) is 11.8 Å². The Balaban J connectivity index is 1.61. The van der Waals surface area contributed by atoms with Crippen LogP contribution < -0.4 is 5.32 Å². The van der Waals surface area contributed by atoms with Gasteiger partial charge in [-0.2, -0.15) is 0 Å². The average molecular weight is 430 g/mol. The van der Waals surface area contributed by atoms with E-state index in [4.69, 9.17) is 4.42 Å². The van der Waals surface area contributed by atoms with Crippen LogP contribution in [0.1, 0.15) is 27.5 Å². The van der Waals surface area contributed by atoms with E-state index in [9.17, 15) is 4.79 Å². The number of anilines is 1. The maximum absolute atomic E-state index is 13.3. The van der Waals surface area contributed by atoms with Gasteiger partial charge in [0.15, 0.2) is 0 Å². The summed E-state index contributed by atoms with van der Waals surface area (Å²) in [6.45, 7) is 5.98. The summed E-state index contributed by atoms with van der Waals surface area (Å²) < 4.78 is 5.91. The van der Waals surface area contributed by atoms with Gasteiger partial charge in [-0.1, -0.05) is 60.7 Å². The number of aryl methyl sites for hydroxylation is 3. The molecule has 0 aliphatic rings. The van der Waals surface area contributed by atoms with Crippen molar-refractivity contribution in [2.24, 2.45) is 0 Å². The summed E-state index contributed by atoms with van der Waals surface area (Å²) in [7, 11) is 0. The van der Waals surface area contributed by atoms with Gasteiger partial charge in [0.25, 0.3) is 5.22 Å². The first-order valence-electron chi connectivity index (χ1n) is 10.0. The van der Waals surface area contributed by atoms with Crippen LogP contribution in [0, 0.1) is 20.8 Å². The molecule has 3 aromatic carbocycles. The summed E-state index contributed by atoms with van der Waals surface area (Å²) in [5.41, 5.74) is 5.71. The van der Waals surface area contributed by atoms with E-state index in [2.05, 4.69) is 15.5 Å². The molecule has 0 radical (unpaired) electrons. The molecule has 0 spiro atoms. The van der Waals surface area contributed by atoms with E-state index >= 15 is 0 Å². The van der Waals surface area contributed by atoms with Crippen molar-refractivity contribution in [1.82, 2.24) is 10.2 Å². The fourth-order valence-electron chi connectivity index (χ4n) is 3.25. The van der Waals surface area contributed by atoms with Gasteiger partial charge in [-0.15, -0.1) is 10.2 Å². The number of rotatable bonds is 6. The Morgan fingerprint density at radius 3 is 2.42 bits per heavy atom. The SMILES string of the molecule is Cc1ccc(C)c(NC(=O)[C@H](Sc2nnc(-c3ccccc3C)o2)c2ccccc2)c1. The number of hydrogen-bond acceptors (Lipinski definition) is 5. The second-order valence-electron chi connectivity index (χ2n) is 7.40. The number of amides is 1. The molecule has 0 unspecified atom stereocenters. The molecule has 0 bridgehead atoms. The van der Waals surface area contributed by atoms with E-state index in [1.807, 2.05) is 93.6 Å². The number of benzene rings is 3. The predicted molar refractivity (Wildman–Crippen MR) is 124 cm³/mol. The molecule has 1 atom stereocenters. The lowest BCUT2D eigenvalue weighted by Crippen LogP contribution is -2.19. The van der Waals surface area contributed by atoms with Crippen molar-refractivity contribution in [3.63, 3.8) is 0 Å². The van der Waals surface area contributed by atoms with Gasteiger partial charge in [0, 0.05) is 11.3 Å². The standard InChI is InChI=1S/C25H23N3O2S/c1-16-13-14-18(3)21(15-16)26-23(29)22(19-10-5-4-6-11-19)31-25-28-27-24(30-25)20-12-8-7-9-17(20)2/h4-15,22H,1-3H3,(H,26,29)/t22-/m1/s1. The zero-order valence-corrected chi connectivity index (χ0v) is 18.4. The fraction of sp³-hybridized carbons (Fsp3) is 0.160. The molecule has 0 saturated heterocycles. The lowest BCUT2D eigenvalue weighted by atomic mass is 10.1. The third-order valence-electron chi connectivity index (χ3n) is 4.99. The van der Waals surface area contributed by atoms with Crippen molar-refractivity contribution in [2.45, 2.75) is 31.2 Å². The van der Waals surface area contributed by atoms with Crippen LogP contribution in [0.4, 0.5) is 5.69 Å². The van der Waals surface area contributed by atoms with Gasteiger partial charge >= 0.3 is 0 Å². The lowest BCUT2D eigenvalue weighted by molar-refractivity contribution is -0.115. The molecule has 31 heavy (non-hydrogen) atoms. The third kappa shape index (κ3) is 4.86. The summed E-state index contributed by atoms with van der Waals surface area (Å²) in [4.78, 5) is 13.3. The molecule has 0 fully saturated rings. The van der Waals surface area contributed by atoms with Gasteiger partial charge in [0.1, 0.15) is 5.25 Å². The van der Waals surface area contributed by atoms with Crippen LogP contribution in [-0.2, 0) is 4.79 Å². The van der Waals surface area contributed by atoms with Crippen molar-refractivity contribution in [3.8, 4) is 11.5 Å². The lowest BCUT2D eigenvalue weighted by Gasteiger charge is -2.16. The maximum Gasteiger partial charge on any atom is 0.277 e. The third-order valence-corrected chi connectivity index (χ3v) is 6.08. The van der Waals surface area contributed by atoms with E-state index in [0.717, 1.165) is 33.5 Å². The predicted octanol–water partition coefficient (Wildman–Crippen LogP) is 6.13. The molecule has 4 rings (SSSR count). The Morgan fingerprint density at radius 1 is 0.903 bits per heavy atom. The number of nitrogens with one attached hydrogen (secondary N) is 1. The topological polar surface area (TPSA) is 68.0 Å². The zero-order chi connectivity index (χ0) is 21.8. The van der Waals surface area contributed by atoms with Gasteiger partial charge in [-0.25, -0.2) is 0 Å². The van der Waals surface area contributed by atoms with Crippen molar-refractivity contribution in [3.05, 3.63) is 95.1 Å². The number of nitrogens with zero attached hydrogens (tertiary/aromatic N) is 2. The largest absolute Gasteiger partial charge is 0.411 e. The highest BCUT2D eigenvalue weighted by molar-refractivity contribution is 8.00. The summed E-state index contributed by atoms with van der Waals surface area (Å²) in [6, 6.07) is 23.5. The Labute approximate surface area is 185 Å². The summed E-state index contributed by atoms with van der Waals surface area (Å²) >= 11 is 1.25. The molecule has 1 amide bonds. The Hall–Kier alpha value is -3.38. The van der Waals surface area contributed by atoms with E-state index in [-0.39, 0.29) is 5.91 Å². The van der Waals surface area contributed by atoms with Crippen LogP contribution in [-0.4, -0.2) is 16.1 Å². The van der Waals surface area contributed by atoms with Gasteiger partial charge in [-0.05, 0) is 66.9 Å². The fourth-order valence-corrected chi connectivity index (χ4v) is 4.13. The van der Waals surface area contributed by atoms with Crippen molar-refractivity contribution >= 4 is 23.4 Å².